The van der Waals surface area contributed by atoms with Gasteiger partial charge < -0.3 is 11.5 Å². The molecular weight excluding hydrogens is 372 g/mol. The van der Waals surface area contributed by atoms with Gasteiger partial charge in [-0.15, -0.1) is 0 Å². The lowest BCUT2D eigenvalue weighted by Gasteiger charge is -2.40. The van der Waals surface area contributed by atoms with Crippen LogP contribution in [0.4, 0.5) is 10.3 Å². The second kappa shape index (κ2) is 6.17. The van der Waals surface area contributed by atoms with Crippen molar-refractivity contribution < 1.29 is 0 Å². The molecule has 1 saturated carbocycles. The first-order valence-corrected chi connectivity index (χ1v) is 11.0. The van der Waals surface area contributed by atoms with Crippen molar-refractivity contribution in [2.45, 2.75) is 38.0 Å². The van der Waals surface area contributed by atoms with Gasteiger partial charge in [0.05, 0.1) is 20.4 Å². The van der Waals surface area contributed by atoms with Crippen molar-refractivity contribution in [3.05, 3.63) is 47.5 Å². The zero-order chi connectivity index (χ0) is 18.6. The van der Waals surface area contributed by atoms with Crippen LogP contribution in [-0.2, 0) is 5.41 Å². The van der Waals surface area contributed by atoms with Gasteiger partial charge in [-0.05, 0) is 54.9 Å². The fourth-order valence-corrected chi connectivity index (χ4v) is 6.16. The Bertz CT molecular complexity index is 1050. The number of benzene rings is 2. The summed E-state index contributed by atoms with van der Waals surface area (Å²) in [6, 6.07) is 13.0. The Morgan fingerprint density at radius 3 is 1.81 bits per heavy atom. The van der Waals surface area contributed by atoms with E-state index in [1.165, 1.54) is 24.0 Å². The van der Waals surface area contributed by atoms with Gasteiger partial charge in [0.25, 0.3) is 0 Å². The molecule has 1 aliphatic carbocycles. The molecule has 0 radical (unpaired) electrons. The van der Waals surface area contributed by atoms with Gasteiger partial charge in [0, 0.05) is 5.41 Å². The molecule has 0 bridgehead atoms. The minimum absolute atomic E-state index is 0.0907. The molecule has 1 aliphatic rings. The summed E-state index contributed by atoms with van der Waals surface area (Å²) in [5, 5.41) is 1.26. The molecular formula is C21H22N4S2. The molecule has 0 atom stereocenters. The van der Waals surface area contributed by atoms with Crippen LogP contribution in [-0.4, -0.2) is 9.97 Å². The van der Waals surface area contributed by atoms with Gasteiger partial charge in [0.15, 0.2) is 10.3 Å². The number of nitrogens with two attached hydrogens (primary N) is 2. The zero-order valence-electron chi connectivity index (χ0n) is 15.2. The molecule has 0 aliphatic heterocycles. The van der Waals surface area contributed by atoms with Gasteiger partial charge in [-0.1, -0.05) is 53.9 Å². The Labute approximate surface area is 166 Å². The standard InChI is InChI=1S/C21H22N4S2/c1-12-8-10-21(11-9-12,13-4-2-6-15-17(13)24-19(22)26-15)14-5-3-7-16-18(14)25-20(23)27-16/h2-7,12H,8-11H2,1H3,(H2,22,24)(H2,23,25). The van der Waals surface area contributed by atoms with Crippen molar-refractivity contribution in [1.82, 2.24) is 9.97 Å². The van der Waals surface area contributed by atoms with E-state index in [0.29, 0.717) is 10.3 Å². The fraction of sp³-hybridized carbons (Fsp3) is 0.333. The van der Waals surface area contributed by atoms with E-state index in [1.54, 1.807) is 22.7 Å². The summed E-state index contributed by atoms with van der Waals surface area (Å²) in [5.41, 5.74) is 16.7. The number of aromatic nitrogens is 2. The Kier molecular flexibility index (Phi) is 3.88. The van der Waals surface area contributed by atoms with Crippen molar-refractivity contribution in [1.29, 1.82) is 0 Å². The molecule has 1 fully saturated rings. The Morgan fingerprint density at radius 1 is 0.852 bits per heavy atom. The molecule has 27 heavy (non-hydrogen) atoms. The largest absolute Gasteiger partial charge is 0.375 e. The van der Waals surface area contributed by atoms with E-state index in [0.717, 1.165) is 39.2 Å². The van der Waals surface area contributed by atoms with Crippen molar-refractivity contribution in [2.24, 2.45) is 5.92 Å². The first kappa shape index (κ1) is 17.0. The van der Waals surface area contributed by atoms with Crippen LogP contribution in [0.25, 0.3) is 20.4 Å². The van der Waals surface area contributed by atoms with Crippen molar-refractivity contribution in [3.8, 4) is 0 Å². The van der Waals surface area contributed by atoms with E-state index in [4.69, 9.17) is 21.4 Å². The SMILES string of the molecule is CC1CCC(c2cccc3sc(N)nc23)(c2cccc3sc(N)nc23)CC1. The molecule has 4 aromatic rings. The first-order valence-electron chi connectivity index (χ1n) is 9.38. The van der Waals surface area contributed by atoms with Gasteiger partial charge in [0.2, 0.25) is 0 Å². The first-order chi connectivity index (χ1) is 13.1. The second-order valence-corrected chi connectivity index (χ2v) is 9.80. The average Bonchev–Trinajstić information content (AvgIpc) is 3.22. The number of hydrogen-bond donors (Lipinski definition) is 2. The van der Waals surface area contributed by atoms with Crippen LogP contribution in [0.15, 0.2) is 36.4 Å². The average molecular weight is 395 g/mol. The van der Waals surface area contributed by atoms with Crippen LogP contribution in [0.1, 0.15) is 43.7 Å². The van der Waals surface area contributed by atoms with Crippen molar-refractivity contribution in [2.75, 3.05) is 11.5 Å². The molecule has 5 rings (SSSR count). The van der Waals surface area contributed by atoms with Crippen LogP contribution in [0, 0.1) is 5.92 Å². The third-order valence-corrected chi connectivity index (χ3v) is 7.73. The number of thiazole rings is 2. The van der Waals surface area contributed by atoms with Crippen LogP contribution < -0.4 is 11.5 Å². The number of anilines is 2. The molecule has 0 spiro atoms. The molecule has 0 saturated heterocycles. The second-order valence-electron chi connectivity index (χ2n) is 7.67. The predicted octanol–water partition coefficient (Wildman–Crippen LogP) is 5.57. The topological polar surface area (TPSA) is 77.8 Å². The number of hydrogen-bond acceptors (Lipinski definition) is 6. The molecule has 2 aromatic carbocycles. The minimum atomic E-state index is -0.0907. The van der Waals surface area contributed by atoms with E-state index in [1.807, 2.05) is 0 Å². The number of para-hydroxylation sites is 2. The molecule has 4 nitrogen and oxygen atoms in total. The highest BCUT2D eigenvalue weighted by Gasteiger charge is 2.40. The molecule has 138 valence electrons. The minimum Gasteiger partial charge on any atom is -0.375 e. The molecule has 6 heteroatoms. The fourth-order valence-electron chi connectivity index (χ4n) is 4.64. The predicted molar refractivity (Wildman–Crippen MR) is 116 cm³/mol. The summed E-state index contributed by atoms with van der Waals surface area (Å²) in [6.07, 6.45) is 4.60. The number of nitrogen functional groups attached to an aromatic ring is 2. The monoisotopic (exact) mass is 394 g/mol. The van der Waals surface area contributed by atoms with E-state index in [9.17, 15) is 0 Å². The summed E-state index contributed by atoms with van der Waals surface area (Å²) in [6.45, 7) is 2.35. The van der Waals surface area contributed by atoms with Crippen molar-refractivity contribution in [3.63, 3.8) is 0 Å². The van der Waals surface area contributed by atoms with E-state index >= 15 is 0 Å². The maximum Gasteiger partial charge on any atom is 0.181 e. The maximum atomic E-state index is 6.07. The van der Waals surface area contributed by atoms with E-state index in [-0.39, 0.29) is 5.41 Å². The van der Waals surface area contributed by atoms with Crippen molar-refractivity contribution >= 4 is 53.4 Å². The summed E-state index contributed by atoms with van der Waals surface area (Å²) >= 11 is 3.13. The van der Waals surface area contributed by atoms with E-state index in [2.05, 4.69) is 43.3 Å². The zero-order valence-corrected chi connectivity index (χ0v) is 16.9. The van der Waals surface area contributed by atoms with Crippen LogP contribution in [0.2, 0.25) is 0 Å². The Balaban J connectivity index is 1.82. The highest BCUT2D eigenvalue weighted by atomic mass is 32.1. The summed E-state index contributed by atoms with van der Waals surface area (Å²) in [4.78, 5) is 9.43. The highest BCUT2D eigenvalue weighted by Crippen LogP contribution is 2.50. The van der Waals surface area contributed by atoms with Crippen LogP contribution in [0.3, 0.4) is 0 Å². The van der Waals surface area contributed by atoms with Gasteiger partial charge in [-0.25, -0.2) is 9.97 Å². The molecule has 0 amide bonds. The Morgan fingerprint density at radius 2 is 1.33 bits per heavy atom. The number of fused-ring (bicyclic) bond motifs is 2. The number of nitrogens with zero attached hydrogens (tertiary/aromatic N) is 2. The highest BCUT2D eigenvalue weighted by molar-refractivity contribution is 7.22. The lowest BCUT2D eigenvalue weighted by Crippen LogP contribution is -2.33. The van der Waals surface area contributed by atoms with E-state index < -0.39 is 0 Å². The van der Waals surface area contributed by atoms with Gasteiger partial charge >= 0.3 is 0 Å². The summed E-state index contributed by atoms with van der Waals surface area (Å²) < 4.78 is 2.32. The van der Waals surface area contributed by atoms with Crippen LogP contribution in [0.5, 0.6) is 0 Å². The number of rotatable bonds is 2. The lowest BCUT2D eigenvalue weighted by molar-refractivity contribution is 0.283. The van der Waals surface area contributed by atoms with Gasteiger partial charge in [-0.3, -0.25) is 0 Å². The quantitative estimate of drug-likeness (QED) is 0.466. The Hall–Kier alpha value is -2.18. The third-order valence-electron chi connectivity index (χ3n) is 6.03. The molecule has 2 aromatic heterocycles. The molecule has 2 heterocycles. The van der Waals surface area contributed by atoms with Gasteiger partial charge in [-0.2, -0.15) is 0 Å². The smallest absolute Gasteiger partial charge is 0.181 e. The third kappa shape index (κ3) is 2.62. The van der Waals surface area contributed by atoms with Crippen LogP contribution >= 0.6 is 22.7 Å². The molecule has 4 N–H and O–H groups in total. The lowest BCUT2D eigenvalue weighted by atomic mass is 9.63. The summed E-state index contributed by atoms with van der Waals surface area (Å²) in [7, 11) is 0. The maximum absolute atomic E-state index is 6.07. The van der Waals surface area contributed by atoms with Gasteiger partial charge in [0.1, 0.15) is 0 Å². The summed E-state index contributed by atoms with van der Waals surface area (Å²) in [5.74, 6) is 0.748. The normalized spacial score (nSPS) is 17.7. The molecule has 0 unspecified atom stereocenters.